The number of hydrogen-bond donors (Lipinski definition) is 2. The molecule has 0 aliphatic rings. The van der Waals surface area contributed by atoms with Gasteiger partial charge in [0.05, 0.1) is 18.0 Å². The Kier molecular flexibility index (Phi) is 6.96. The lowest BCUT2D eigenvalue weighted by Crippen LogP contribution is -2.44. The summed E-state index contributed by atoms with van der Waals surface area (Å²) in [5.41, 5.74) is 1.13. The van der Waals surface area contributed by atoms with Crippen LogP contribution in [0, 0.1) is 5.82 Å². The average molecular weight is 345 g/mol. The third-order valence-corrected chi connectivity index (χ3v) is 4.15. The molecule has 0 fully saturated rings. The van der Waals surface area contributed by atoms with Crippen LogP contribution in [0.25, 0.3) is 0 Å². The van der Waals surface area contributed by atoms with Crippen molar-refractivity contribution in [3.8, 4) is 0 Å². The summed E-state index contributed by atoms with van der Waals surface area (Å²) in [4.78, 5) is 13.7. The number of nitrogens with one attached hydrogen (secondary N) is 2. The normalized spacial score (nSPS) is 12.7. The van der Waals surface area contributed by atoms with E-state index in [-0.39, 0.29) is 12.4 Å². The van der Waals surface area contributed by atoms with Gasteiger partial charge in [0, 0.05) is 19.6 Å². The molecule has 0 unspecified atom stereocenters. The molecule has 2 N–H and O–H groups in total. The Balaban J connectivity index is 2.69. The van der Waals surface area contributed by atoms with Crippen LogP contribution in [0.1, 0.15) is 26.3 Å². The Labute approximate surface area is 137 Å². The van der Waals surface area contributed by atoms with Crippen LogP contribution in [-0.4, -0.2) is 39.7 Å². The minimum Gasteiger partial charge on any atom is -0.370 e. The lowest BCUT2D eigenvalue weighted by molar-refractivity contribution is -0.122. The first-order chi connectivity index (χ1) is 10.7. The van der Waals surface area contributed by atoms with Crippen molar-refractivity contribution in [2.75, 3.05) is 24.2 Å². The van der Waals surface area contributed by atoms with Gasteiger partial charge in [-0.3, -0.25) is 4.79 Å². The van der Waals surface area contributed by atoms with Gasteiger partial charge in [0.15, 0.2) is 0 Å². The lowest BCUT2D eigenvalue weighted by Gasteiger charge is -2.22. The van der Waals surface area contributed by atoms with Crippen molar-refractivity contribution in [1.82, 2.24) is 10.0 Å². The van der Waals surface area contributed by atoms with E-state index in [2.05, 4.69) is 10.0 Å². The van der Waals surface area contributed by atoms with Gasteiger partial charge in [-0.15, -0.1) is 0 Å². The maximum atomic E-state index is 14.1. The van der Waals surface area contributed by atoms with E-state index in [4.69, 9.17) is 0 Å². The first kappa shape index (κ1) is 19.4. The maximum absolute atomic E-state index is 14.1. The molecule has 23 heavy (non-hydrogen) atoms. The molecule has 6 nitrogen and oxygen atoms in total. The Hall–Kier alpha value is -1.67. The average Bonchev–Trinajstić information content (AvgIpc) is 2.46. The second-order valence-corrected chi connectivity index (χ2v) is 7.07. The molecule has 0 saturated heterocycles. The number of carbonyl (C=O) groups is 1. The van der Waals surface area contributed by atoms with Crippen LogP contribution in [0.15, 0.2) is 18.2 Å². The molecular formula is C15H24FN3O3S. The predicted molar refractivity (Wildman–Crippen MR) is 89.2 cm³/mol. The summed E-state index contributed by atoms with van der Waals surface area (Å²) < 4.78 is 38.5. The molecule has 0 saturated carbocycles. The molecule has 130 valence electrons. The van der Waals surface area contributed by atoms with Crippen LogP contribution < -0.4 is 14.9 Å². The predicted octanol–water partition coefficient (Wildman–Crippen LogP) is 1.23. The molecule has 0 heterocycles. The molecule has 0 radical (unpaired) electrons. The van der Waals surface area contributed by atoms with E-state index in [1.165, 1.54) is 13.0 Å². The molecule has 0 bridgehead atoms. The zero-order valence-electron chi connectivity index (χ0n) is 13.9. The summed E-state index contributed by atoms with van der Waals surface area (Å²) >= 11 is 0. The quantitative estimate of drug-likeness (QED) is 0.743. The van der Waals surface area contributed by atoms with E-state index in [1.54, 1.807) is 12.1 Å². The molecule has 8 heteroatoms. The van der Waals surface area contributed by atoms with Gasteiger partial charge in [-0.1, -0.05) is 6.07 Å². The molecule has 0 aromatic heterocycles. The highest BCUT2D eigenvalue weighted by Gasteiger charge is 2.16. The number of hydrogen-bond acceptors (Lipinski definition) is 4. The number of amides is 1. The molecule has 0 spiro atoms. The first-order valence-electron chi connectivity index (χ1n) is 7.46. The smallest absolute Gasteiger partial charge is 0.238 e. The van der Waals surface area contributed by atoms with Crippen molar-refractivity contribution >= 4 is 21.6 Å². The summed E-state index contributed by atoms with van der Waals surface area (Å²) in [7, 11) is -3.46. The Bertz CT molecular complexity index is 645. The van der Waals surface area contributed by atoms with E-state index in [0.717, 1.165) is 6.26 Å². The molecular weight excluding hydrogens is 321 g/mol. The summed E-state index contributed by atoms with van der Waals surface area (Å²) in [6, 6.07) is 3.92. The van der Waals surface area contributed by atoms with Crippen molar-refractivity contribution < 1.29 is 17.6 Å². The van der Waals surface area contributed by atoms with Crippen molar-refractivity contribution in [2.24, 2.45) is 0 Å². The summed E-state index contributed by atoms with van der Waals surface area (Å²) in [5.74, 6) is -0.814. The number of nitrogens with zero attached hydrogens (tertiary/aromatic N) is 1. The molecule has 1 aromatic rings. The number of rotatable bonds is 8. The number of halogens is 1. The topological polar surface area (TPSA) is 78.5 Å². The third-order valence-electron chi connectivity index (χ3n) is 3.37. The van der Waals surface area contributed by atoms with Gasteiger partial charge in [-0.2, -0.15) is 0 Å². The monoisotopic (exact) mass is 345 g/mol. The van der Waals surface area contributed by atoms with Crippen molar-refractivity contribution in [3.63, 3.8) is 0 Å². The van der Waals surface area contributed by atoms with Crippen LogP contribution in [0.2, 0.25) is 0 Å². The minimum atomic E-state index is -3.46. The van der Waals surface area contributed by atoms with Gasteiger partial charge in [0.25, 0.3) is 0 Å². The van der Waals surface area contributed by atoms with E-state index in [9.17, 15) is 17.6 Å². The van der Waals surface area contributed by atoms with Gasteiger partial charge in [0.1, 0.15) is 5.82 Å². The van der Waals surface area contributed by atoms with Gasteiger partial charge in [-0.25, -0.2) is 17.5 Å². The molecule has 1 rings (SSSR count). The SMILES string of the molecule is CCN(CC)c1ccc(CNC(=O)[C@@H](C)NS(C)(=O)=O)cc1F. The molecule has 1 atom stereocenters. The van der Waals surface area contributed by atoms with Crippen molar-refractivity contribution in [1.29, 1.82) is 0 Å². The fourth-order valence-corrected chi connectivity index (χ4v) is 2.95. The zero-order valence-corrected chi connectivity index (χ0v) is 14.7. The van der Waals surface area contributed by atoms with Crippen LogP contribution >= 0.6 is 0 Å². The minimum absolute atomic E-state index is 0.129. The summed E-state index contributed by atoms with van der Waals surface area (Å²) in [6.07, 6.45) is 0.984. The molecule has 0 aliphatic heterocycles. The second kappa shape index (κ2) is 8.26. The van der Waals surface area contributed by atoms with E-state index in [1.807, 2.05) is 18.7 Å². The number of anilines is 1. The molecule has 1 aromatic carbocycles. The summed E-state index contributed by atoms with van der Waals surface area (Å²) in [6.45, 7) is 6.89. The van der Waals surface area contributed by atoms with Crippen molar-refractivity contribution in [2.45, 2.75) is 33.4 Å². The standard InChI is InChI=1S/C15H24FN3O3S/c1-5-19(6-2)14-8-7-12(9-13(14)16)10-17-15(20)11(3)18-23(4,21)22/h7-9,11,18H,5-6,10H2,1-4H3,(H,17,20)/t11-/m1/s1. The van der Waals surface area contributed by atoms with Gasteiger partial charge in [0.2, 0.25) is 15.9 Å². The Morgan fingerprint density at radius 3 is 2.39 bits per heavy atom. The second-order valence-electron chi connectivity index (χ2n) is 5.29. The Morgan fingerprint density at radius 2 is 1.91 bits per heavy atom. The fourth-order valence-electron chi connectivity index (χ4n) is 2.20. The molecule has 0 aliphatic carbocycles. The highest BCUT2D eigenvalue weighted by Crippen LogP contribution is 2.20. The fraction of sp³-hybridized carbons (Fsp3) is 0.533. The number of carbonyl (C=O) groups excluding carboxylic acids is 1. The largest absolute Gasteiger partial charge is 0.370 e. The van der Waals surface area contributed by atoms with Crippen LogP contribution in [0.3, 0.4) is 0 Å². The van der Waals surface area contributed by atoms with E-state index in [0.29, 0.717) is 24.3 Å². The number of sulfonamides is 1. The van der Waals surface area contributed by atoms with Gasteiger partial charge >= 0.3 is 0 Å². The van der Waals surface area contributed by atoms with Crippen LogP contribution in [-0.2, 0) is 21.4 Å². The summed E-state index contributed by atoms with van der Waals surface area (Å²) in [5, 5.41) is 2.58. The van der Waals surface area contributed by atoms with Gasteiger partial charge < -0.3 is 10.2 Å². The highest BCUT2D eigenvalue weighted by atomic mass is 32.2. The zero-order chi connectivity index (χ0) is 17.6. The van der Waals surface area contributed by atoms with Gasteiger partial charge in [-0.05, 0) is 38.5 Å². The van der Waals surface area contributed by atoms with E-state index < -0.39 is 22.0 Å². The first-order valence-corrected chi connectivity index (χ1v) is 9.35. The highest BCUT2D eigenvalue weighted by molar-refractivity contribution is 7.88. The maximum Gasteiger partial charge on any atom is 0.238 e. The number of benzene rings is 1. The van der Waals surface area contributed by atoms with Crippen molar-refractivity contribution in [3.05, 3.63) is 29.6 Å². The van der Waals surface area contributed by atoms with Crippen LogP contribution in [0.4, 0.5) is 10.1 Å². The van der Waals surface area contributed by atoms with E-state index >= 15 is 0 Å². The Morgan fingerprint density at radius 1 is 1.30 bits per heavy atom. The van der Waals surface area contributed by atoms with Crippen LogP contribution in [0.5, 0.6) is 0 Å². The molecule has 1 amide bonds. The lowest BCUT2D eigenvalue weighted by atomic mass is 10.1. The third kappa shape index (κ3) is 6.15.